The molecule has 3 aromatic rings. The zero-order chi connectivity index (χ0) is 19.5. The number of rotatable bonds is 4. The number of benzene rings is 3. The molecule has 1 saturated heterocycles. The molecule has 0 atom stereocenters. The van der Waals surface area contributed by atoms with Gasteiger partial charge in [-0.3, -0.25) is 4.79 Å². The number of ether oxygens (including phenoxy) is 1. The molecule has 0 bridgehead atoms. The number of methoxy groups -OCH3 is 1. The molecule has 1 heterocycles. The highest BCUT2D eigenvalue weighted by molar-refractivity contribution is 6.10. The summed E-state index contributed by atoms with van der Waals surface area (Å²) < 4.78 is 5.49. The molecule has 28 heavy (non-hydrogen) atoms. The third-order valence-electron chi connectivity index (χ3n) is 5.31. The number of likely N-dealkylation sites (N-methyl/N-ethyl adjacent to an activating group) is 1. The van der Waals surface area contributed by atoms with E-state index in [1.54, 1.807) is 7.11 Å². The Kier molecular flexibility index (Phi) is 5.17. The first kappa shape index (κ1) is 18.3. The summed E-state index contributed by atoms with van der Waals surface area (Å²) in [6, 6.07) is 19.8. The molecule has 0 saturated carbocycles. The fourth-order valence-corrected chi connectivity index (χ4v) is 3.66. The molecule has 1 aliphatic rings. The maximum Gasteiger partial charge on any atom is 0.259 e. The first-order valence-electron chi connectivity index (χ1n) is 9.56. The standard InChI is InChI=1S/C23H25N3O2/c1-25-11-13-26(14-12-25)21-10-6-5-9-20(21)24-23(27)19-15-17-7-3-4-8-18(17)16-22(19)28-2/h3-10,15-16H,11-14H2,1-2H3,(H,24,27). The Morgan fingerprint density at radius 1 is 0.929 bits per heavy atom. The number of hydrogen-bond donors (Lipinski definition) is 1. The lowest BCUT2D eigenvalue weighted by atomic mass is 10.0. The molecule has 0 aliphatic carbocycles. The normalized spacial score (nSPS) is 14.9. The van der Waals surface area contributed by atoms with Crippen LogP contribution in [0.4, 0.5) is 11.4 Å². The Bertz CT molecular complexity index is 994. The predicted octanol–water partition coefficient (Wildman–Crippen LogP) is 3.85. The van der Waals surface area contributed by atoms with Crippen molar-refractivity contribution in [1.29, 1.82) is 0 Å². The van der Waals surface area contributed by atoms with Crippen LogP contribution in [0.3, 0.4) is 0 Å². The van der Waals surface area contributed by atoms with Crippen molar-refractivity contribution in [2.75, 3.05) is 50.6 Å². The Balaban J connectivity index is 1.63. The van der Waals surface area contributed by atoms with Crippen LogP contribution in [-0.2, 0) is 0 Å². The number of hydrogen-bond acceptors (Lipinski definition) is 4. The van der Waals surface area contributed by atoms with E-state index in [2.05, 4.69) is 28.2 Å². The number of amides is 1. The predicted molar refractivity (Wildman–Crippen MR) is 115 cm³/mol. The molecule has 144 valence electrons. The number of carbonyl (C=O) groups excluding carboxylic acids is 1. The van der Waals surface area contributed by atoms with Crippen molar-refractivity contribution in [3.8, 4) is 5.75 Å². The van der Waals surface area contributed by atoms with Gasteiger partial charge in [-0.1, -0.05) is 36.4 Å². The molecule has 0 aromatic heterocycles. The van der Waals surface area contributed by atoms with E-state index < -0.39 is 0 Å². The monoisotopic (exact) mass is 375 g/mol. The molecule has 3 aromatic carbocycles. The average molecular weight is 375 g/mol. The van der Waals surface area contributed by atoms with Gasteiger partial charge in [0, 0.05) is 26.2 Å². The molecular formula is C23H25N3O2. The topological polar surface area (TPSA) is 44.8 Å². The second-order valence-corrected chi connectivity index (χ2v) is 7.16. The summed E-state index contributed by atoms with van der Waals surface area (Å²) in [6.07, 6.45) is 0. The molecule has 1 fully saturated rings. The summed E-state index contributed by atoms with van der Waals surface area (Å²) >= 11 is 0. The summed E-state index contributed by atoms with van der Waals surface area (Å²) in [5.41, 5.74) is 2.42. The van der Waals surface area contributed by atoms with Crippen LogP contribution < -0.4 is 15.0 Å². The minimum atomic E-state index is -0.163. The molecule has 4 rings (SSSR count). The lowest BCUT2D eigenvalue weighted by Crippen LogP contribution is -2.44. The van der Waals surface area contributed by atoms with E-state index in [9.17, 15) is 4.79 Å². The van der Waals surface area contributed by atoms with Crippen molar-refractivity contribution in [1.82, 2.24) is 4.90 Å². The first-order valence-corrected chi connectivity index (χ1v) is 9.56. The quantitative estimate of drug-likeness (QED) is 0.752. The maximum atomic E-state index is 13.1. The molecule has 1 amide bonds. The summed E-state index contributed by atoms with van der Waals surface area (Å²) in [4.78, 5) is 17.8. The van der Waals surface area contributed by atoms with E-state index in [0.29, 0.717) is 11.3 Å². The Morgan fingerprint density at radius 3 is 2.29 bits per heavy atom. The van der Waals surface area contributed by atoms with E-state index in [-0.39, 0.29) is 5.91 Å². The van der Waals surface area contributed by atoms with Crippen molar-refractivity contribution in [3.05, 3.63) is 66.2 Å². The largest absolute Gasteiger partial charge is 0.496 e. The van der Waals surface area contributed by atoms with Crippen LogP contribution in [0.1, 0.15) is 10.4 Å². The number of fused-ring (bicyclic) bond motifs is 1. The Morgan fingerprint density at radius 2 is 1.57 bits per heavy atom. The molecule has 1 N–H and O–H groups in total. The van der Waals surface area contributed by atoms with Crippen LogP contribution in [0, 0.1) is 0 Å². The van der Waals surface area contributed by atoms with Crippen molar-refractivity contribution in [2.45, 2.75) is 0 Å². The number of piperazine rings is 1. The van der Waals surface area contributed by atoms with Gasteiger partial charge in [-0.05, 0) is 42.1 Å². The molecule has 5 nitrogen and oxygen atoms in total. The molecule has 0 radical (unpaired) electrons. The molecular weight excluding hydrogens is 350 g/mol. The molecule has 5 heteroatoms. The highest BCUT2D eigenvalue weighted by atomic mass is 16.5. The number of anilines is 2. The molecule has 1 aliphatic heterocycles. The van der Waals surface area contributed by atoms with Crippen LogP contribution >= 0.6 is 0 Å². The summed E-state index contributed by atoms with van der Waals surface area (Å²) in [6.45, 7) is 3.92. The van der Waals surface area contributed by atoms with Crippen molar-refractivity contribution >= 4 is 28.1 Å². The lowest BCUT2D eigenvalue weighted by molar-refractivity contribution is 0.102. The maximum absolute atomic E-state index is 13.1. The highest BCUT2D eigenvalue weighted by Gasteiger charge is 2.19. The Hall–Kier alpha value is -3.05. The van der Waals surface area contributed by atoms with Gasteiger partial charge >= 0.3 is 0 Å². The summed E-state index contributed by atoms with van der Waals surface area (Å²) in [7, 11) is 3.73. The fourth-order valence-electron chi connectivity index (χ4n) is 3.66. The summed E-state index contributed by atoms with van der Waals surface area (Å²) in [5.74, 6) is 0.414. The number of nitrogens with one attached hydrogen (secondary N) is 1. The van der Waals surface area contributed by atoms with E-state index >= 15 is 0 Å². The smallest absolute Gasteiger partial charge is 0.259 e. The van der Waals surface area contributed by atoms with Gasteiger partial charge in [0.1, 0.15) is 5.75 Å². The van der Waals surface area contributed by atoms with Gasteiger partial charge < -0.3 is 19.9 Å². The number of para-hydroxylation sites is 2. The van der Waals surface area contributed by atoms with E-state index in [4.69, 9.17) is 4.74 Å². The average Bonchev–Trinajstić information content (AvgIpc) is 2.74. The molecule has 0 unspecified atom stereocenters. The van der Waals surface area contributed by atoms with Gasteiger partial charge in [-0.25, -0.2) is 0 Å². The van der Waals surface area contributed by atoms with Crippen molar-refractivity contribution in [2.24, 2.45) is 0 Å². The van der Waals surface area contributed by atoms with Crippen LogP contribution in [0.15, 0.2) is 60.7 Å². The van der Waals surface area contributed by atoms with Crippen LogP contribution in [-0.4, -0.2) is 51.1 Å². The van der Waals surface area contributed by atoms with Gasteiger partial charge in [0.15, 0.2) is 0 Å². The zero-order valence-electron chi connectivity index (χ0n) is 16.3. The minimum absolute atomic E-state index is 0.163. The van der Waals surface area contributed by atoms with Gasteiger partial charge in [0.05, 0.1) is 24.0 Å². The third-order valence-corrected chi connectivity index (χ3v) is 5.31. The highest BCUT2D eigenvalue weighted by Crippen LogP contribution is 2.30. The first-order chi connectivity index (χ1) is 13.7. The fraction of sp³-hybridized carbons (Fsp3) is 0.261. The van der Waals surface area contributed by atoms with Crippen molar-refractivity contribution in [3.63, 3.8) is 0 Å². The van der Waals surface area contributed by atoms with Crippen LogP contribution in [0.25, 0.3) is 10.8 Å². The minimum Gasteiger partial charge on any atom is -0.496 e. The summed E-state index contributed by atoms with van der Waals surface area (Å²) in [5, 5.41) is 5.16. The van der Waals surface area contributed by atoms with Crippen molar-refractivity contribution < 1.29 is 9.53 Å². The van der Waals surface area contributed by atoms with Gasteiger partial charge in [0.25, 0.3) is 5.91 Å². The van der Waals surface area contributed by atoms with E-state index in [1.165, 1.54) is 0 Å². The SMILES string of the molecule is COc1cc2ccccc2cc1C(=O)Nc1ccccc1N1CCN(C)CC1. The molecule has 0 spiro atoms. The van der Waals surface area contributed by atoms with Crippen LogP contribution in [0.5, 0.6) is 5.75 Å². The lowest BCUT2D eigenvalue weighted by Gasteiger charge is -2.35. The zero-order valence-corrected chi connectivity index (χ0v) is 16.3. The van der Waals surface area contributed by atoms with Gasteiger partial charge in [0.2, 0.25) is 0 Å². The van der Waals surface area contributed by atoms with Gasteiger partial charge in [-0.2, -0.15) is 0 Å². The second-order valence-electron chi connectivity index (χ2n) is 7.16. The van der Waals surface area contributed by atoms with Gasteiger partial charge in [-0.15, -0.1) is 0 Å². The second kappa shape index (κ2) is 7.90. The van der Waals surface area contributed by atoms with Crippen LogP contribution in [0.2, 0.25) is 0 Å². The number of carbonyl (C=O) groups is 1. The van der Waals surface area contributed by atoms with E-state index in [1.807, 2.05) is 54.6 Å². The Labute approximate surface area is 165 Å². The third kappa shape index (κ3) is 3.66. The van der Waals surface area contributed by atoms with E-state index in [0.717, 1.165) is 48.3 Å². The number of nitrogens with zero attached hydrogens (tertiary/aromatic N) is 2.